The fourth-order valence-corrected chi connectivity index (χ4v) is 3.55. The first-order chi connectivity index (χ1) is 9.13. The van der Waals surface area contributed by atoms with Crippen molar-refractivity contribution in [1.82, 2.24) is 9.97 Å². The van der Waals surface area contributed by atoms with Gasteiger partial charge in [-0.05, 0) is 41.4 Å². The van der Waals surface area contributed by atoms with E-state index in [1.807, 2.05) is 7.05 Å². The number of halogens is 1. The topological polar surface area (TPSA) is 41.1 Å². The third-order valence-electron chi connectivity index (χ3n) is 3.54. The van der Waals surface area contributed by atoms with Crippen LogP contribution in [0.15, 0.2) is 0 Å². The highest BCUT2D eigenvalue weighted by Gasteiger charge is 2.18. The molecule has 0 atom stereocenters. The van der Waals surface area contributed by atoms with Gasteiger partial charge in [-0.1, -0.05) is 26.7 Å². The summed E-state index contributed by atoms with van der Waals surface area (Å²) in [5.74, 6) is 2.28. The minimum Gasteiger partial charge on any atom is -0.372 e. The zero-order valence-corrected chi connectivity index (χ0v) is 14.2. The van der Waals surface area contributed by atoms with Crippen molar-refractivity contribution in [2.24, 2.45) is 0 Å². The van der Waals surface area contributed by atoms with Crippen LogP contribution in [-0.2, 0) is 0 Å². The van der Waals surface area contributed by atoms with Crippen LogP contribution in [0.4, 0.5) is 11.8 Å². The van der Waals surface area contributed by atoms with E-state index in [9.17, 15) is 0 Å². The zero-order valence-electron chi connectivity index (χ0n) is 12.0. The van der Waals surface area contributed by atoms with E-state index in [0.29, 0.717) is 5.92 Å². The summed E-state index contributed by atoms with van der Waals surface area (Å²) in [7, 11) is 1.93. The van der Waals surface area contributed by atoms with Crippen molar-refractivity contribution in [2.45, 2.75) is 45.4 Å². The first-order valence-electron chi connectivity index (χ1n) is 7.13. The molecule has 1 fully saturated rings. The number of nitrogens with zero attached hydrogens (tertiary/aromatic N) is 3. The molecule has 1 N–H and O–H groups in total. The molecule has 106 valence electrons. The Balaban J connectivity index is 2.36. The minimum atomic E-state index is 0.424. The number of anilines is 2. The van der Waals surface area contributed by atoms with Gasteiger partial charge >= 0.3 is 0 Å². The first-order valence-corrected chi connectivity index (χ1v) is 8.21. The SMILES string of the molecule is CNc1nc(N2CCCCCC2)nc(C(C)C)c1I. The first kappa shape index (κ1) is 14.8. The third kappa shape index (κ3) is 3.49. The molecule has 5 heteroatoms. The monoisotopic (exact) mass is 374 g/mol. The quantitative estimate of drug-likeness (QED) is 0.821. The van der Waals surface area contributed by atoms with E-state index >= 15 is 0 Å². The van der Waals surface area contributed by atoms with E-state index < -0.39 is 0 Å². The summed E-state index contributed by atoms with van der Waals surface area (Å²) in [5, 5.41) is 3.20. The van der Waals surface area contributed by atoms with Gasteiger partial charge in [0.25, 0.3) is 0 Å². The Labute approximate surface area is 129 Å². The summed E-state index contributed by atoms with van der Waals surface area (Å²) >= 11 is 2.35. The summed E-state index contributed by atoms with van der Waals surface area (Å²) < 4.78 is 1.15. The molecule has 2 rings (SSSR count). The summed E-state index contributed by atoms with van der Waals surface area (Å²) in [6, 6.07) is 0. The van der Waals surface area contributed by atoms with Crippen molar-refractivity contribution >= 4 is 34.4 Å². The van der Waals surface area contributed by atoms with Crippen LogP contribution in [0.3, 0.4) is 0 Å². The summed E-state index contributed by atoms with van der Waals surface area (Å²) in [6.45, 7) is 6.55. The van der Waals surface area contributed by atoms with Gasteiger partial charge in [0.15, 0.2) is 0 Å². The summed E-state index contributed by atoms with van der Waals surface area (Å²) in [6.07, 6.45) is 5.16. The second-order valence-electron chi connectivity index (χ2n) is 5.38. The number of rotatable bonds is 3. The molecule has 0 aromatic carbocycles. The van der Waals surface area contributed by atoms with Gasteiger partial charge < -0.3 is 10.2 Å². The van der Waals surface area contributed by atoms with E-state index in [4.69, 9.17) is 9.97 Å². The Kier molecular flexibility index (Phi) is 5.24. The molecule has 4 nitrogen and oxygen atoms in total. The largest absolute Gasteiger partial charge is 0.372 e. The number of aromatic nitrogens is 2. The third-order valence-corrected chi connectivity index (χ3v) is 4.60. The molecule has 2 heterocycles. The van der Waals surface area contributed by atoms with E-state index in [1.54, 1.807) is 0 Å². The van der Waals surface area contributed by atoms with Crippen molar-refractivity contribution in [3.63, 3.8) is 0 Å². The van der Waals surface area contributed by atoms with E-state index in [1.165, 1.54) is 25.7 Å². The highest BCUT2D eigenvalue weighted by Crippen LogP contribution is 2.28. The molecule has 1 saturated heterocycles. The Morgan fingerprint density at radius 1 is 1.11 bits per heavy atom. The van der Waals surface area contributed by atoms with Crippen molar-refractivity contribution in [3.05, 3.63) is 9.26 Å². The van der Waals surface area contributed by atoms with Gasteiger partial charge in [0.2, 0.25) is 5.95 Å². The maximum absolute atomic E-state index is 4.81. The zero-order chi connectivity index (χ0) is 13.8. The van der Waals surface area contributed by atoms with Gasteiger partial charge in [0.1, 0.15) is 5.82 Å². The van der Waals surface area contributed by atoms with Crippen molar-refractivity contribution < 1.29 is 0 Å². The lowest BCUT2D eigenvalue weighted by molar-refractivity contribution is 0.726. The number of hydrogen-bond acceptors (Lipinski definition) is 4. The van der Waals surface area contributed by atoms with Crippen molar-refractivity contribution in [1.29, 1.82) is 0 Å². The summed E-state index contributed by atoms with van der Waals surface area (Å²) in [4.78, 5) is 11.9. The molecule has 1 aliphatic rings. The molecule has 1 aromatic rings. The molecule has 1 aromatic heterocycles. The number of nitrogens with one attached hydrogen (secondary N) is 1. The van der Waals surface area contributed by atoms with Crippen molar-refractivity contribution in [3.8, 4) is 0 Å². The maximum Gasteiger partial charge on any atom is 0.227 e. The molecule has 0 saturated carbocycles. The molecule has 0 unspecified atom stereocenters. The second kappa shape index (κ2) is 6.72. The Bertz CT molecular complexity index is 426. The van der Waals surface area contributed by atoms with E-state index in [2.05, 4.69) is 46.7 Å². The van der Waals surface area contributed by atoms with Gasteiger partial charge in [0.05, 0.1) is 9.26 Å². The smallest absolute Gasteiger partial charge is 0.227 e. The highest BCUT2D eigenvalue weighted by molar-refractivity contribution is 14.1. The molecule has 0 radical (unpaired) electrons. The van der Waals surface area contributed by atoms with Gasteiger partial charge in [0, 0.05) is 20.1 Å². The lowest BCUT2D eigenvalue weighted by atomic mass is 10.1. The predicted octanol–water partition coefficient (Wildman–Crippen LogP) is 3.63. The van der Waals surface area contributed by atoms with Crippen LogP contribution in [-0.4, -0.2) is 30.1 Å². The van der Waals surface area contributed by atoms with E-state index in [-0.39, 0.29) is 0 Å². The molecule has 1 aliphatic heterocycles. The Morgan fingerprint density at radius 3 is 2.26 bits per heavy atom. The highest BCUT2D eigenvalue weighted by atomic mass is 127. The van der Waals surface area contributed by atoms with Crippen LogP contribution in [0.25, 0.3) is 0 Å². The molecule has 0 bridgehead atoms. The maximum atomic E-state index is 4.81. The van der Waals surface area contributed by atoms with E-state index in [0.717, 1.165) is 34.1 Å². The minimum absolute atomic E-state index is 0.424. The average molecular weight is 374 g/mol. The Hall–Kier alpha value is -0.590. The lowest BCUT2D eigenvalue weighted by Gasteiger charge is -2.23. The van der Waals surface area contributed by atoms with Crippen LogP contribution in [0.2, 0.25) is 0 Å². The van der Waals surface area contributed by atoms with Gasteiger partial charge in [-0.3, -0.25) is 0 Å². The lowest BCUT2D eigenvalue weighted by Crippen LogP contribution is -2.27. The van der Waals surface area contributed by atoms with Gasteiger partial charge in [-0.15, -0.1) is 0 Å². The average Bonchev–Trinajstić information content (AvgIpc) is 2.67. The van der Waals surface area contributed by atoms with Crippen LogP contribution >= 0.6 is 22.6 Å². The predicted molar refractivity (Wildman–Crippen MR) is 89.1 cm³/mol. The fraction of sp³-hybridized carbons (Fsp3) is 0.714. The molecule has 0 aliphatic carbocycles. The van der Waals surface area contributed by atoms with Crippen LogP contribution in [0.5, 0.6) is 0 Å². The van der Waals surface area contributed by atoms with Crippen molar-refractivity contribution in [2.75, 3.05) is 30.4 Å². The van der Waals surface area contributed by atoms with Crippen LogP contribution < -0.4 is 10.2 Å². The Morgan fingerprint density at radius 2 is 1.74 bits per heavy atom. The molecule has 0 amide bonds. The standard InChI is InChI=1S/C14H23IN4/c1-10(2)12-11(15)13(16-3)18-14(17-12)19-8-6-4-5-7-9-19/h10H,4-9H2,1-3H3,(H,16,17,18). The second-order valence-corrected chi connectivity index (χ2v) is 6.46. The van der Waals surface area contributed by atoms with Gasteiger partial charge in [-0.2, -0.15) is 4.98 Å². The fourth-order valence-electron chi connectivity index (χ4n) is 2.41. The summed E-state index contributed by atoms with van der Waals surface area (Å²) in [5.41, 5.74) is 1.15. The van der Waals surface area contributed by atoms with Crippen LogP contribution in [0.1, 0.15) is 51.1 Å². The molecular formula is C14H23IN4. The molecular weight excluding hydrogens is 351 g/mol. The molecule has 0 spiro atoms. The molecule has 19 heavy (non-hydrogen) atoms. The van der Waals surface area contributed by atoms with Gasteiger partial charge in [-0.25, -0.2) is 4.98 Å². The van der Waals surface area contributed by atoms with Crippen LogP contribution in [0, 0.1) is 3.57 Å². The normalized spacial score (nSPS) is 16.6. The number of hydrogen-bond donors (Lipinski definition) is 1.